The Labute approximate surface area is 201 Å². The van der Waals surface area contributed by atoms with E-state index in [1.54, 1.807) is 35.2 Å². The average molecular weight is 476 g/mol. The molecule has 2 fully saturated rings. The summed E-state index contributed by atoms with van der Waals surface area (Å²) in [5.41, 5.74) is 0.225. The highest BCUT2D eigenvalue weighted by Gasteiger charge is 2.54. The van der Waals surface area contributed by atoms with Gasteiger partial charge < -0.3 is 23.8 Å². The maximum Gasteiger partial charge on any atom is 0.329 e. The molecular formula is C26H37NO7. The maximum atomic E-state index is 13.1. The molecule has 3 rings (SSSR count). The number of amides is 1. The van der Waals surface area contributed by atoms with E-state index in [0.717, 1.165) is 24.8 Å². The molecule has 188 valence electrons. The number of benzene rings is 1. The van der Waals surface area contributed by atoms with Crippen LogP contribution in [0.2, 0.25) is 0 Å². The first-order chi connectivity index (χ1) is 16.2. The van der Waals surface area contributed by atoms with E-state index in [0.29, 0.717) is 36.5 Å². The number of hydrogen-bond donors (Lipinski definition) is 0. The van der Waals surface area contributed by atoms with E-state index in [1.807, 2.05) is 19.1 Å². The summed E-state index contributed by atoms with van der Waals surface area (Å²) in [6.45, 7) is 5.66. The Morgan fingerprint density at radius 1 is 1.03 bits per heavy atom. The molecule has 1 aliphatic heterocycles. The van der Waals surface area contributed by atoms with Crippen molar-refractivity contribution < 1.29 is 33.3 Å². The molecule has 1 saturated heterocycles. The van der Waals surface area contributed by atoms with Gasteiger partial charge in [0.05, 0.1) is 27.9 Å². The van der Waals surface area contributed by atoms with Crippen LogP contribution in [0.5, 0.6) is 17.2 Å². The fraction of sp³-hybridized carbons (Fsp3) is 0.654. The zero-order valence-corrected chi connectivity index (χ0v) is 21.1. The summed E-state index contributed by atoms with van der Waals surface area (Å²) in [5, 5.41) is 0. The number of rotatable bonds is 11. The molecule has 0 unspecified atom stereocenters. The van der Waals surface area contributed by atoms with Gasteiger partial charge in [0.2, 0.25) is 11.5 Å². The van der Waals surface area contributed by atoms with Gasteiger partial charge in [-0.15, -0.1) is 0 Å². The quantitative estimate of drug-likeness (QED) is 0.274. The van der Waals surface area contributed by atoms with E-state index in [9.17, 15) is 14.4 Å². The number of carbonyl (C=O) groups is 3. The molecule has 1 saturated carbocycles. The predicted molar refractivity (Wildman–Crippen MR) is 126 cm³/mol. The molecule has 2 aliphatic rings. The number of nitrogens with zero attached hydrogens (tertiary/aromatic N) is 1. The SMILES string of the molecule is CCC(C)(C)C(=O)C(=O)N1[C@H]2CC[C@H](C2)[C@H]1C(=O)OCCCc1cc(OC)c(OC)c(OC)c1. The van der Waals surface area contributed by atoms with Gasteiger partial charge in [0.25, 0.3) is 5.91 Å². The fourth-order valence-electron chi connectivity index (χ4n) is 4.96. The summed E-state index contributed by atoms with van der Waals surface area (Å²) in [6, 6.07) is 3.04. The first-order valence-corrected chi connectivity index (χ1v) is 12.0. The van der Waals surface area contributed by atoms with E-state index in [4.69, 9.17) is 18.9 Å². The van der Waals surface area contributed by atoms with Crippen molar-refractivity contribution in [2.24, 2.45) is 11.3 Å². The lowest BCUT2D eigenvalue weighted by atomic mass is 9.84. The molecule has 8 nitrogen and oxygen atoms in total. The van der Waals surface area contributed by atoms with Gasteiger partial charge >= 0.3 is 5.97 Å². The Hall–Kier alpha value is -2.77. The van der Waals surface area contributed by atoms with Gasteiger partial charge in [-0.1, -0.05) is 20.8 Å². The second-order valence-corrected chi connectivity index (χ2v) is 9.76. The van der Waals surface area contributed by atoms with Crippen molar-refractivity contribution in [1.29, 1.82) is 0 Å². The number of methoxy groups -OCH3 is 3. The van der Waals surface area contributed by atoms with Crippen LogP contribution in [-0.2, 0) is 25.5 Å². The van der Waals surface area contributed by atoms with Crippen LogP contribution in [0.3, 0.4) is 0 Å². The predicted octanol–water partition coefficient (Wildman–Crippen LogP) is 3.57. The molecule has 1 aromatic rings. The zero-order valence-electron chi connectivity index (χ0n) is 21.1. The molecule has 1 heterocycles. The van der Waals surface area contributed by atoms with Crippen molar-refractivity contribution in [3.8, 4) is 17.2 Å². The van der Waals surface area contributed by atoms with Gasteiger partial charge in [-0.05, 0) is 62.1 Å². The molecule has 3 atom stereocenters. The Balaban J connectivity index is 1.61. The number of aryl methyl sites for hydroxylation is 1. The van der Waals surface area contributed by atoms with E-state index in [1.165, 1.54) is 4.90 Å². The second-order valence-electron chi connectivity index (χ2n) is 9.76. The third-order valence-electron chi connectivity index (χ3n) is 7.33. The summed E-state index contributed by atoms with van der Waals surface area (Å²) in [4.78, 5) is 40.4. The summed E-state index contributed by atoms with van der Waals surface area (Å²) < 4.78 is 21.7. The second kappa shape index (κ2) is 10.7. The Morgan fingerprint density at radius 2 is 1.68 bits per heavy atom. The Morgan fingerprint density at radius 3 is 2.24 bits per heavy atom. The van der Waals surface area contributed by atoms with Crippen LogP contribution in [0, 0.1) is 11.3 Å². The van der Waals surface area contributed by atoms with Crippen LogP contribution in [-0.4, -0.2) is 62.6 Å². The number of carbonyl (C=O) groups excluding carboxylic acids is 3. The topological polar surface area (TPSA) is 91.4 Å². The number of Topliss-reactive ketones (excluding diaryl/α,β-unsaturated/α-hetero) is 1. The number of esters is 1. The van der Waals surface area contributed by atoms with E-state index in [-0.39, 0.29) is 18.6 Å². The molecule has 8 heteroatoms. The molecule has 2 bridgehead atoms. The van der Waals surface area contributed by atoms with Gasteiger partial charge in [0.1, 0.15) is 6.04 Å². The number of hydrogen-bond acceptors (Lipinski definition) is 7. The summed E-state index contributed by atoms with van der Waals surface area (Å²) in [6.07, 6.45) is 4.28. The molecule has 1 aliphatic carbocycles. The minimum Gasteiger partial charge on any atom is -0.493 e. The average Bonchev–Trinajstić information content (AvgIpc) is 3.46. The molecule has 1 aromatic carbocycles. The van der Waals surface area contributed by atoms with Crippen molar-refractivity contribution in [2.75, 3.05) is 27.9 Å². The standard InChI is InChI=1S/C26H37NO7/c1-7-26(2,3)23(28)24(29)27-18-11-10-17(15-18)21(27)25(30)34-12-8-9-16-13-19(31-4)22(33-6)20(14-16)32-5/h13-14,17-18,21H,7-12,15H2,1-6H3/t17-,18+,21+/m1/s1. The van der Waals surface area contributed by atoms with Crippen LogP contribution in [0.25, 0.3) is 0 Å². The number of piperidine rings is 1. The van der Waals surface area contributed by atoms with Crippen molar-refractivity contribution in [3.05, 3.63) is 17.7 Å². The van der Waals surface area contributed by atoms with Crippen LogP contribution in [0.1, 0.15) is 58.4 Å². The lowest BCUT2D eigenvalue weighted by Crippen LogP contribution is -2.54. The highest BCUT2D eigenvalue weighted by Crippen LogP contribution is 2.44. The first kappa shape index (κ1) is 25.8. The van der Waals surface area contributed by atoms with E-state index < -0.39 is 29.1 Å². The molecule has 0 radical (unpaired) electrons. The minimum atomic E-state index is -0.742. The van der Waals surface area contributed by atoms with Gasteiger partial charge in [0.15, 0.2) is 11.5 Å². The number of ketones is 1. The Bertz CT molecular complexity index is 901. The van der Waals surface area contributed by atoms with Gasteiger partial charge in [0, 0.05) is 11.5 Å². The largest absolute Gasteiger partial charge is 0.493 e. The molecule has 0 spiro atoms. The van der Waals surface area contributed by atoms with Crippen LogP contribution < -0.4 is 14.2 Å². The smallest absolute Gasteiger partial charge is 0.329 e. The van der Waals surface area contributed by atoms with Gasteiger partial charge in [-0.2, -0.15) is 0 Å². The lowest BCUT2D eigenvalue weighted by molar-refractivity contribution is -0.161. The zero-order chi connectivity index (χ0) is 25.0. The highest BCUT2D eigenvalue weighted by atomic mass is 16.5. The van der Waals surface area contributed by atoms with Crippen LogP contribution in [0.4, 0.5) is 0 Å². The van der Waals surface area contributed by atoms with E-state index >= 15 is 0 Å². The summed E-state index contributed by atoms with van der Waals surface area (Å²) in [5.74, 6) is 0.360. The number of likely N-dealkylation sites (tertiary alicyclic amines) is 1. The molecule has 34 heavy (non-hydrogen) atoms. The van der Waals surface area contributed by atoms with Crippen molar-refractivity contribution in [2.45, 2.75) is 71.4 Å². The lowest BCUT2D eigenvalue weighted by Gasteiger charge is -2.35. The normalized spacial score (nSPS) is 21.4. The van der Waals surface area contributed by atoms with Crippen LogP contribution >= 0.6 is 0 Å². The number of ether oxygens (including phenoxy) is 4. The van der Waals surface area contributed by atoms with Crippen molar-refractivity contribution in [1.82, 2.24) is 4.90 Å². The molecule has 1 amide bonds. The third kappa shape index (κ3) is 5.00. The van der Waals surface area contributed by atoms with Gasteiger partial charge in [-0.3, -0.25) is 9.59 Å². The molecule has 0 N–H and O–H groups in total. The van der Waals surface area contributed by atoms with E-state index in [2.05, 4.69) is 0 Å². The first-order valence-electron chi connectivity index (χ1n) is 12.0. The number of fused-ring (bicyclic) bond motifs is 2. The fourth-order valence-corrected chi connectivity index (χ4v) is 4.96. The highest BCUT2D eigenvalue weighted by molar-refractivity contribution is 6.38. The molecular weight excluding hydrogens is 438 g/mol. The van der Waals surface area contributed by atoms with Crippen molar-refractivity contribution in [3.63, 3.8) is 0 Å². The maximum absolute atomic E-state index is 13.1. The monoisotopic (exact) mass is 475 g/mol. The molecule has 0 aromatic heterocycles. The minimum absolute atomic E-state index is 0.0501. The van der Waals surface area contributed by atoms with Crippen LogP contribution in [0.15, 0.2) is 12.1 Å². The van der Waals surface area contributed by atoms with Crippen molar-refractivity contribution >= 4 is 17.7 Å². The summed E-state index contributed by atoms with van der Waals surface area (Å²) >= 11 is 0. The third-order valence-corrected chi connectivity index (χ3v) is 7.33. The summed E-state index contributed by atoms with van der Waals surface area (Å²) in [7, 11) is 4.69. The van der Waals surface area contributed by atoms with Gasteiger partial charge in [-0.25, -0.2) is 4.79 Å². The Kier molecular flexibility index (Phi) is 8.10.